The predicted molar refractivity (Wildman–Crippen MR) is 103 cm³/mol. The molecule has 132 valence electrons. The third-order valence-corrected chi connectivity index (χ3v) is 4.17. The smallest absolute Gasteiger partial charge is 0.275 e. The molecule has 26 heavy (non-hydrogen) atoms. The molecule has 0 atom stereocenters. The van der Waals surface area contributed by atoms with Gasteiger partial charge in [-0.25, -0.2) is 5.43 Å². The number of hydrogen-bond donors (Lipinski definition) is 2. The second kappa shape index (κ2) is 7.88. The van der Waals surface area contributed by atoms with Crippen LogP contribution in [0.4, 0.5) is 0 Å². The summed E-state index contributed by atoms with van der Waals surface area (Å²) in [6, 6.07) is 15.7. The minimum absolute atomic E-state index is 0.200. The van der Waals surface area contributed by atoms with E-state index in [1.807, 2.05) is 22.9 Å². The Morgan fingerprint density at radius 2 is 2.00 bits per heavy atom. The van der Waals surface area contributed by atoms with Gasteiger partial charge < -0.3 is 14.4 Å². The Hall–Kier alpha value is -3.06. The molecule has 0 fully saturated rings. The number of rotatable bonds is 5. The van der Waals surface area contributed by atoms with Crippen LogP contribution in [0.2, 0.25) is 0 Å². The Labute approximate surface area is 158 Å². The van der Waals surface area contributed by atoms with E-state index in [0.717, 1.165) is 15.9 Å². The highest BCUT2D eigenvalue weighted by atomic mass is 79.9. The molecular weight excluding hydrogens is 398 g/mol. The SMILES string of the molecule is COc1ccc(Br)cc1C(=O)N/N=C\c1cccn1-c1ccc(O)cc1. The highest BCUT2D eigenvalue weighted by Gasteiger charge is 2.12. The van der Waals surface area contributed by atoms with E-state index in [-0.39, 0.29) is 11.7 Å². The van der Waals surface area contributed by atoms with E-state index < -0.39 is 0 Å². The second-order valence-corrected chi connectivity index (χ2v) is 6.28. The van der Waals surface area contributed by atoms with Crippen LogP contribution in [0.1, 0.15) is 16.1 Å². The number of hydrazone groups is 1. The minimum atomic E-state index is -0.373. The van der Waals surface area contributed by atoms with Crippen molar-refractivity contribution in [3.8, 4) is 17.2 Å². The van der Waals surface area contributed by atoms with Crippen LogP contribution in [0.15, 0.2) is 70.4 Å². The number of nitrogens with zero attached hydrogens (tertiary/aromatic N) is 2. The number of phenols is 1. The summed E-state index contributed by atoms with van der Waals surface area (Å²) in [5, 5.41) is 13.4. The van der Waals surface area contributed by atoms with Gasteiger partial charge in [0.15, 0.2) is 0 Å². The van der Waals surface area contributed by atoms with Gasteiger partial charge in [-0.1, -0.05) is 15.9 Å². The van der Waals surface area contributed by atoms with Crippen LogP contribution in [0.5, 0.6) is 11.5 Å². The van der Waals surface area contributed by atoms with E-state index in [2.05, 4.69) is 26.5 Å². The van der Waals surface area contributed by atoms with Crippen molar-refractivity contribution < 1.29 is 14.6 Å². The van der Waals surface area contributed by atoms with Crippen molar-refractivity contribution in [2.75, 3.05) is 7.11 Å². The molecule has 3 aromatic rings. The highest BCUT2D eigenvalue weighted by Crippen LogP contribution is 2.22. The van der Waals surface area contributed by atoms with E-state index in [1.54, 1.807) is 48.7 Å². The van der Waals surface area contributed by atoms with Gasteiger partial charge in [0.05, 0.1) is 24.6 Å². The van der Waals surface area contributed by atoms with E-state index >= 15 is 0 Å². The van der Waals surface area contributed by atoms with Gasteiger partial charge >= 0.3 is 0 Å². The Morgan fingerprint density at radius 1 is 1.23 bits per heavy atom. The largest absolute Gasteiger partial charge is 0.508 e. The molecule has 0 aliphatic carbocycles. The van der Waals surface area contributed by atoms with Crippen LogP contribution in [-0.4, -0.2) is 28.9 Å². The van der Waals surface area contributed by atoms with E-state index in [1.165, 1.54) is 7.11 Å². The summed E-state index contributed by atoms with van der Waals surface area (Å²) >= 11 is 3.34. The predicted octanol–water partition coefficient (Wildman–Crippen LogP) is 3.72. The van der Waals surface area contributed by atoms with Crippen molar-refractivity contribution in [3.05, 3.63) is 76.5 Å². The summed E-state index contributed by atoms with van der Waals surface area (Å²) in [4.78, 5) is 12.3. The number of phenolic OH excluding ortho intramolecular Hbond substituents is 1. The number of nitrogens with one attached hydrogen (secondary N) is 1. The molecule has 6 nitrogen and oxygen atoms in total. The van der Waals surface area contributed by atoms with Gasteiger partial charge in [0, 0.05) is 16.4 Å². The van der Waals surface area contributed by atoms with Gasteiger partial charge in [0.25, 0.3) is 5.91 Å². The molecule has 1 aromatic heterocycles. The summed E-state index contributed by atoms with van der Waals surface area (Å²) in [7, 11) is 1.51. The standard InChI is InChI=1S/C19H16BrN3O3/c1-26-18-9-4-13(20)11-17(18)19(25)22-21-12-15-3-2-10-23(15)14-5-7-16(24)8-6-14/h2-12,24H,1H3,(H,22,25)/b21-12-. The Kier molecular flexibility index (Phi) is 5.38. The van der Waals surface area contributed by atoms with Crippen molar-refractivity contribution in [2.24, 2.45) is 5.10 Å². The molecule has 0 unspecified atom stereocenters. The third-order valence-electron chi connectivity index (χ3n) is 3.68. The first kappa shape index (κ1) is 17.8. The molecule has 0 aliphatic rings. The van der Waals surface area contributed by atoms with Crippen LogP contribution in [0.3, 0.4) is 0 Å². The summed E-state index contributed by atoms with van der Waals surface area (Å²) in [6.45, 7) is 0. The molecule has 0 aliphatic heterocycles. The van der Waals surface area contributed by atoms with E-state index in [9.17, 15) is 9.90 Å². The first-order valence-corrected chi connectivity index (χ1v) is 8.51. The lowest BCUT2D eigenvalue weighted by Crippen LogP contribution is -2.18. The fraction of sp³-hybridized carbons (Fsp3) is 0.0526. The van der Waals surface area contributed by atoms with Crippen LogP contribution in [-0.2, 0) is 0 Å². The molecule has 0 spiro atoms. The van der Waals surface area contributed by atoms with Crippen LogP contribution < -0.4 is 10.2 Å². The van der Waals surface area contributed by atoms with E-state index in [0.29, 0.717) is 11.3 Å². The minimum Gasteiger partial charge on any atom is -0.508 e. The van der Waals surface area contributed by atoms with Crippen LogP contribution in [0.25, 0.3) is 5.69 Å². The average Bonchev–Trinajstić information content (AvgIpc) is 3.10. The highest BCUT2D eigenvalue weighted by molar-refractivity contribution is 9.10. The molecule has 1 heterocycles. The summed E-state index contributed by atoms with van der Waals surface area (Å²) in [5.41, 5.74) is 4.53. The number of carbonyl (C=O) groups excluding carboxylic acids is 1. The van der Waals surface area contributed by atoms with Crippen LogP contribution in [0, 0.1) is 0 Å². The third kappa shape index (κ3) is 3.94. The zero-order valence-electron chi connectivity index (χ0n) is 13.9. The average molecular weight is 414 g/mol. The number of amides is 1. The number of methoxy groups -OCH3 is 1. The maximum absolute atomic E-state index is 12.3. The van der Waals surface area contributed by atoms with Gasteiger partial charge in [0.2, 0.25) is 0 Å². The second-order valence-electron chi connectivity index (χ2n) is 5.36. The van der Waals surface area contributed by atoms with Crippen molar-refractivity contribution in [3.63, 3.8) is 0 Å². The van der Waals surface area contributed by atoms with Gasteiger partial charge in [-0.05, 0) is 54.6 Å². The zero-order valence-corrected chi connectivity index (χ0v) is 15.5. The molecule has 0 saturated heterocycles. The number of benzene rings is 2. The fourth-order valence-corrected chi connectivity index (χ4v) is 2.78. The number of aromatic nitrogens is 1. The maximum atomic E-state index is 12.3. The molecule has 0 saturated carbocycles. The quantitative estimate of drug-likeness (QED) is 0.494. The molecule has 7 heteroatoms. The lowest BCUT2D eigenvalue weighted by molar-refractivity contribution is 0.0952. The molecule has 3 rings (SSSR count). The number of carbonyl (C=O) groups is 1. The molecule has 1 amide bonds. The van der Waals surface area contributed by atoms with Crippen molar-refractivity contribution in [1.29, 1.82) is 0 Å². The normalized spacial score (nSPS) is 10.8. The first-order chi connectivity index (χ1) is 12.6. The fourth-order valence-electron chi connectivity index (χ4n) is 2.42. The molecule has 2 aromatic carbocycles. The monoisotopic (exact) mass is 413 g/mol. The van der Waals surface area contributed by atoms with Crippen molar-refractivity contribution >= 4 is 28.1 Å². The Bertz CT molecular complexity index is 949. The summed E-state index contributed by atoms with van der Waals surface area (Å²) in [6.07, 6.45) is 3.42. The van der Waals surface area contributed by atoms with Crippen molar-refractivity contribution in [1.82, 2.24) is 9.99 Å². The number of aromatic hydroxyl groups is 1. The van der Waals surface area contributed by atoms with Gasteiger partial charge in [0.1, 0.15) is 11.5 Å². The first-order valence-electron chi connectivity index (χ1n) is 7.72. The number of ether oxygens (including phenoxy) is 1. The maximum Gasteiger partial charge on any atom is 0.275 e. The summed E-state index contributed by atoms with van der Waals surface area (Å²) < 4.78 is 7.86. The van der Waals surface area contributed by atoms with Crippen LogP contribution >= 0.6 is 15.9 Å². The molecular formula is C19H16BrN3O3. The van der Waals surface area contributed by atoms with Gasteiger partial charge in [-0.15, -0.1) is 0 Å². The Balaban J connectivity index is 1.76. The Morgan fingerprint density at radius 3 is 2.73 bits per heavy atom. The molecule has 0 radical (unpaired) electrons. The molecule has 0 bridgehead atoms. The van der Waals surface area contributed by atoms with Gasteiger partial charge in [-0.2, -0.15) is 5.10 Å². The summed E-state index contributed by atoms with van der Waals surface area (Å²) in [5.74, 6) is 0.293. The number of halogens is 1. The van der Waals surface area contributed by atoms with Gasteiger partial charge in [-0.3, -0.25) is 4.79 Å². The number of hydrogen-bond acceptors (Lipinski definition) is 4. The zero-order chi connectivity index (χ0) is 18.5. The topological polar surface area (TPSA) is 75.8 Å². The lowest BCUT2D eigenvalue weighted by Gasteiger charge is -2.08. The van der Waals surface area contributed by atoms with Crippen molar-refractivity contribution in [2.45, 2.75) is 0 Å². The van der Waals surface area contributed by atoms with E-state index in [4.69, 9.17) is 4.74 Å². The lowest BCUT2D eigenvalue weighted by atomic mass is 10.2. The molecule has 2 N–H and O–H groups in total.